The zero-order valence-corrected chi connectivity index (χ0v) is 23.4. The van der Waals surface area contributed by atoms with E-state index in [4.69, 9.17) is 9.47 Å². The summed E-state index contributed by atoms with van der Waals surface area (Å²) in [4.78, 5) is 25.8. The van der Waals surface area contributed by atoms with Crippen molar-refractivity contribution in [2.45, 2.75) is 77.3 Å². The van der Waals surface area contributed by atoms with E-state index in [1.54, 1.807) is 55.7 Å². The van der Waals surface area contributed by atoms with E-state index in [1.165, 1.54) is 12.1 Å². The van der Waals surface area contributed by atoms with Crippen molar-refractivity contribution in [3.05, 3.63) is 75.6 Å². The van der Waals surface area contributed by atoms with Crippen molar-refractivity contribution in [3.8, 4) is 28.1 Å². The van der Waals surface area contributed by atoms with Crippen LogP contribution < -0.4 is 10.3 Å². The fourth-order valence-corrected chi connectivity index (χ4v) is 5.64. The van der Waals surface area contributed by atoms with E-state index >= 15 is 0 Å². The molecule has 9 heteroatoms. The van der Waals surface area contributed by atoms with Gasteiger partial charge in [-0.3, -0.25) is 4.79 Å². The number of aliphatic carboxylic acids is 1. The van der Waals surface area contributed by atoms with Gasteiger partial charge >= 0.3 is 12.1 Å². The topological polar surface area (TPSA) is 77.8 Å². The number of ether oxygens (including phenoxy) is 2. The van der Waals surface area contributed by atoms with Crippen molar-refractivity contribution in [3.63, 3.8) is 0 Å². The fraction of sp³-hybridized carbons (Fsp3) is 0.438. The number of rotatable bonds is 7. The van der Waals surface area contributed by atoms with Crippen molar-refractivity contribution in [1.29, 1.82) is 0 Å². The van der Waals surface area contributed by atoms with Gasteiger partial charge in [0.2, 0.25) is 0 Å². The van der Waals surface area contributed by atoms with Crippen LogP contribution in [-0.4, -0.2) is 27.9 Å². The van der Waals surface area contributed by atoms with Crippen LogP contribution in [0.25, 0.3) is 22.4 Å². The van der Waals surface area contributed by atoms with E-state index in [9.17, 15) is 27.9 Å². The van der Waals surface area contributed by atoms with Gasteiger partial charge in [-0.1, -0.05) is 24.6 Å². The van der Waals surface area contributed by atoms with Crippen LogP contribution in [0.3, 0.4) is 0 Å². The zero-order valence-electron chi connectivity index (χ0n) is 23.4. The van der Waals surface area contributed by atoms with Gasteiger partial charge in [0, 0.05) is 23.7 Å². The van der Waals surface area contributed by atoms with Crippen molar-refractivity contribution in [1.82, 2.24) is 4.57 Å². The largest absolute Gasteiger partial charge is 0.493 e. The highest BCUT2D eigenvalue weighted by Crippen LogP contribution is 2.47. The molecule has 0 amide bonds. The number of carboxylic acids is 1. The number of benzene rings is 2. The number of aryl methyl sites for hydroxylation is 1. The molecule has 218 valence electrons. The Kier molecular flexibility index (Phi) is 7.76. The number of carboxylic acid groups (broad SMARTS) is 1. The quantitative estimate of drug-likeness (QED) is 0.324. The van der Waals surface area contributed by atoms with E-state index in [0.29, 0.717) is 48.1 Å². The molecule has 0 saturated heterocycles. The summed E-state index contributed by atoms with van der Waals surface area (Å²) in [6.07, 6.45) is -2.36. The molecule has 3 aromatic rings. The summed E-state index contributed by atoms with van der Waals surface area (Å²) in [5.74, 6) is -0.592. The van der Waals surface area contributed by atoms with Gasteiger partial charge in [0.15, 0.2) is 6.10 Å². The Bertz CT molecular complexity index is 1520. The highest BCUT2D eigenvalue weighted by atomic mass is 19.4. The number of alkyl halides is 3. The molecule has 1 saturated carbocycles. The summed E-state index contributed by atoms with van der Waals surface area (Å²) in [6, 6.07) is 12.1. The molecule has 41 heavy (non-hydrogen) atoms. The molecule has 1 unspecified atom stereocenters. The molecule has 1 N–H and O–H groups in total. The summed E-state index contributed by atoms with van der Waals surface area (Å²) in [6.45, 7) is 5.78. The van der Waals surface area contributed by atoms with E-state index in [0.717, 1.165) is 37.3 Å². The Morgan fingerprint density at radius 1 is 1.10 bits per heavy atom. The molecule has 1 aliphatic heterocycles. The smallest absolute Gasteiger partial charge is 0.416 e. The number of pyridine rings is 1. The average molecular weight is 570 g/mol. The minimum absolute atomic E-state index is 0.0813. The van der Waals surface area contributed by atoms with Crippen LogP contribution in [0, 0.1) is 5.92 Å². The standard InChI is InChI=1S/C32H34F3NO5/c1-31(2,3)41-29(30(38)39)28-23(32(33,34)35)14-13-22(24-10-5-11-26(37)36(24)18-19-7-4-8-19)27(28)21-12-15-25-20(17-21)9-6-16-40-25/h5,10-15,17,19,29H,4,6-9,16,18H2,1-3H3,(H,38,39). The minimum atomic E-state index is -4.86. The Labute approximate surface area is 236 Å². The second kappa shape index (κ2) is 11.0. The summed E-state index contributed by atoms with van der Waals surface area (Å²) < 4.78 is 57.1. The van der Waals surface area contributed by atoms with Gasteiger partial charge in [-0.25, -0.2) is 4.79 Å². The van der Waals surface area contributed by atoms with Crippen LogP contribution in [0.2, 0.25) is 0 Å². The molecule has 2 heterocycles. The SMILES string of the molecule is CC(C)(C)OC(C(=O)O)c1c(C(F)(F)F)ccc(-c2cccc(=O)n2CC2CCC2)c1-c1ccc2c(c1)CCCO2. The van der Waals surface area contributed by atoms with E-state index in [1.807, 2.05) is 0 Å². The molecule has 5 rings (SSSR count). The van der Waals surface area contributed by atoms with Crippen molar-refractivity contribution < 1.29 is 32.5 Å². The van der Waals surface area contributed by atoms with E-state index < -0.39 is 35.0 Å². The molecule has 0 bridgehead atoms. The number of aromatic nitrogens is 1. The summed E-state index contributed by atoms with van der Waals surface area (Å²) in [5, 5.41) is 10.3. The zero-order chi connectivity index (χ0) is 29.5. The molecule has 1 aromatic heterocycles. The van der Waals surface area contributed by atoms with Crippen LogP contribution in [0.4, 0.5) is 13.2 Å². The molecule has 1 fully saturated rings. The van der Waals surface area contributed by atoms with Crippen LogP contribution in [0.1, 0.15) is 69.2 Å². The van der Waals surface area contributed by atoms with Gasteiger partial charge in [0.25, 0.3) is 5.56 Å². The lowest BCUT2D eigenvalue weighted by Gasteiger charge is -2.31. The summed E-state index contributed by atoms with van der Waals surface area (Å²) >= 11 is 0. The predicted molar refractivity (Wildman–Crippen MR) is 149 cm³/mol. The molecule has 1 atom stereocenters. The lowest BCUT2D eigenvalue weighted by Crippen LogP contribution is -2.30. The van der Waals surface area contributed by atoms with Crippen molar-refractivity contribution in [2.75, 3.05) is 6.61 Å². The molecule has 2 aliphatic rings. The second-order valence-electron chi connectivity index (χ2n) is 11.8. The highest BCUT2D eigenvalue weighted by Gasteiger charge is 2.42. The van der Waals surface area contributed by atoms with Crippen molar-refractivity contribution in [2.24, 2.45) is 5.92 Å². The Hall–Kier alpha value is -3.59. The predicted octanol–water partition coefficient (Wildman–Crippen LogP) is 7.27. The van der Waals surface area contributed by atoms with Gasteiger partial charge in [0.05, 0.1) is 23.5 Å². The molecule has 1 aliphatic carbocycles. The highest BCUT2D eigenvalue weighted by molar-refractivity contribution is 5.90. The summed E-state index contributed by atoms with van der Waals surface area (Å²) in [5.41, 5.74) is -0.825. The third-order valence-electron chi connectivity index (χ3n) is 7.70. The molecular weight excluding hydrogens is 535 g/mol. The van der Waals surface area contributed by atoms with Gasteiger partial charge in [-0.2, -0.15) is 13.2 Å². The fourth-order valence-electron chi connectivity index (χ4n) is 5.64. The molecular formula is C32H34F3NO5. The maximum absolute atomic E-state index is 14.7. The lowest BCUT2D eigenvalue weighted by molar-refractivity contribution is -0.163. The maximum Gasteiger partial charge on any atom is 0.416 e. The van der Waals surface area contributed by atoms with Crippen LogP contribution >= 0.6 is 0 Å². The summed E-state index contributed by atoms with van der Waals surface area (Å²) in [7, 11) is 0. The molecule has 2 aromatic carbocycles. The first-order valence-corrected chi connectivity index (χ1v) is 13.9. The number of nitrogens with zero attached hydrogens (tertiary/aromatic N) is 1. The maximum atomic E-state index is 14.7. The van der Waals surface area contributed by atoms with Gasteiger partial charge in [-0.05, 0) is 93.3 Å². The van der Waals surface area contributed by atoms with Gasteiger partial charge in [0.1, 0.15) is 5.75 Å². The normalized spacial score (nSPS) is 16.4. The van der Waals surface area contributed by atoms with Crippen LogP contribution in [0.15, 0.2) is 53.3 Å². The average Bonchev–Trinajstić information content (AvgIpc) is 2.87. The van der Waals surface area contributed by atoms with Gasteiger partial charge < -0.3 is 19.1 Å². The first kappa shape index (κ1) is 28.9. The first-order chi connectivity index (χ1) is 19.3. The van der Waals surface area contributed by atoms with Gasteiger partial charge in [-0.15, -0.1) is 0 Å². The number of carbonyl (C=O) groups is 1. The number of fused-ring (bicyclic) bond motifs is 1. The Balaban J connectivity index is 1.87. The first-order valence-electron chi connectivity index (χ1n) is 13.9. The lowest BCUT2D eigenvalue weighted by atomic mass is 9.84. The molecule has 0 spiro atoms. The number of hydrogen-bond donors (Lipinski definition) is 1. The molecule has 6 nitrogen and oxygen atoms in total. The third kappa shape index (κ3) is 6.05. The van der Waals surface area contributed by atoms with Crippen LogP contribution in [0.5, 0.6) is 5.75 Å². The van der Waals surface area contributed by atoms with E-state index in [-0.39, 0.29) is 11.1 Å². The number of hydrogen-bond acceptors (Lipinski definition) is 4. The minimum Gasteiger partial charge on any atom is -0.493 e. The number of halogens is 3. The van der Waals surface area contributed by atoms with E-state index in [2.05, 4.69) is 0 Å². The van der Waals surface area contributed by atoms with Crippen LogP contribution in [-0.2, 0) is 28.7 Å². The Morgan fingerprint density at radius 2 is 1.85 bits per heavy atom. The monoisotopic (exact) mass is 569 g/mol. The Morgan fingerprint density at radius 3 is 2.49 bits per heavy atom. The van der Waals surface area contributed by atoms with Crippen molar-refractivity contribution >= 4 is 5.97 Å². The molecule has 0 radical (unpaired) electrons. The third-order valence-corrected chi connectivity index (χ3v) is 7.70. The second-order valence-corrected chi connectivity index (χ2v) is 11.8.